The smallest absolute Gasteiger partial charge is 0.372 e. The molecule has 6 heteroatoms. The molecular formula is C10H7BrClNO3. The highest BCUT2D eigenvalue weighted by Crippen LogP contribution is 2.25. The van der Waals surface area contributed by atoms with Gasteiger partial charge in [0, 0.05) is 11.0 Å². The minimum Gasteiger partial charge on any atom is -0.372 e. The second kappa shape index (κ2) is 4.07. The van der Waals surface area contributed by atoms with Crippen molar-refractivity contribution in [3.05, 3.63) is 42.6 Å². The SMILES string of the molecule is CCn1c(=O)oc(=O)c2cc(Br)cc(Cl)c21. The minimum atomic E-state index is -0.691. The molecule has 0 aliphatic heterocycles. The van der Waals surface area contributed by atoms with Crippen molar-refractivity contribution in [2.75, 3.05) is 0 Å². The van der Waals surface area contributed by atoms with Crippen LogP contribution in [-0.4, -0.2) is 4.57 Å². The lowest BCUT2D eigenvalue weighted by Crippen LogP contribution is -2.24. The van der Waals surface area contributed by atoms with E-state index in [1.165, 1.54) is 4.57 Å². The van der Waals surface area contributed by atoms with Gasteiger partial charge in [0.25, 0.3) is 0 Å². The lowest BCUT2D eigenvalue weighted by molar-refractivity contribution is 0.421. The molecule has 2 rings (SSSR count). The van der Waals surface area contributed by atoms with Crippen LogP contribution in [0.3, 0.4) is 0 Å². The standard InChI is InChI=1S/C10H7BrClNO3/c1-2-13-8-6(9(14)16-10(13)15)3-5(11)4-7(8)12/h3-4H,2H2,1H3. The minimum absolute atomic E-state index is 0.292. The Morgan fingerprint density at radius 2 is 2.12 bits per heavy atom. The van der Waals surface area contributed by atoms with Gasteiger partial charge in [-0.1, -0.05) is 27.5 Å². The summed E-state index contributed by atoms with van der Waals surface area (Å²) in [7, 11) is 0. The molecule has 0 bridgehead atoms. The molecule has 0 N–H and O–H groups in total. The van der Waals surface area contributed by atoms with Gasteiger partial charge in [-0.3, -0.25) is 4.57 Å². The summed E-state index contributed by atoms with van der Waals surface area (Å²) in [5.74, 6) is -0.691. The molecule has 0 aliphatic carbocycles. The lowest BCUT2D eigenvalue weighted by atomic mass is 10.2. The monoisotopic (exact) mass is 303 g/mol. The Morgan fingerprint density at radius 1 is 1.44 bits per heavy atom. The normalized spacial score (nSPS) is 10.9. The molecule has 0 amide bonds. The Balaban J connectivity index is 3.12. The van der Waals surface area contributed by atoms with Gasteiger partial charge in [-0.15, -0.1) is 0 Å². The maximum atomic E-state index is 11.5. The highest BCUT2D eigenvalue weighted by atomic mass is 79.9. The van der Waals surface area contributed by atoms with Crippen molar-refractivity contribution >= 4 is 38.4 Å². The van der Waals surface area contributed by atoms with Gasteiger partial charge in [0.2, 0.25) is 0 Å². The largest absolute Gasteiger partial charge is 0.422 e. The molecule has 0 saturated heterocycles. The molecule has 0 atom stereocenters. The summed E-state index contributed by atoms with van der Waals surface area (Å²) < 4.78 is 6.59. The Bertz CT molecular complexity index is 674. The van der Waals surface area contributed by atoms with Crippen molar-refractivity contribution in [1.29, 1.82) is 0 Å². The number of aromatic nitrogens is 1. The molecule has 2 aromatic rings. The van der Waals surface area contributed by atoms with E-state index in [1.807, 2.05) is 0 Å². The number of benzene rings is 1. The molecule has 0 radical (unpaired) electrons. The van der Waals surface area contributed by atoms with E-state index in [1.54, 1.807) is 19.1 Å². The van der Waals surface area contributed by atoms with E-state index in [0.29, 0.717) is 26.9 Å². The molecule has 0 saturated carbocycles. The number of hydrogen-bond acceptors (Lipinski definition) is 3. The van der Waals surface area contributed by atoms with Crippen LogP contribution in [0.1, 0.15) is 6.92 Å². The fraction of sp³-hybridized carbons (Fsp3) is 0.200. The summed E-state index contributed by atoms with van der Waals surface area (Å²) in [4.78, 5) is 23.0. The van der Waals surface area contributed by atoms with Gasteiger partial charge in [0.15, 0.2) is 0 Å². The first-order valence-electron chi connectivity index (χ1n) is 4.57. The van der Waals surface area contributed by atoms with Crippen molar-refractivity contribution in [3.63, 3.8) is 0 Å². The van der Waals surface area contributed by atoms with Crippen LogP contribution >= 0.6 is 27.5 Å². The molecule has 0 aliphatic rings. The Hall–Kier alpha value is -1.07. The summed E-state index contributed by atoms with van der Waals surface area (Å²) in [6, 6.07) is 3.22. The quantitative estimate of drug-likeness (QED) is 0.813. The maximum absolute atomic E-state index is 11.5. The molecule has 0 spiro atoms. The number of halogens is 2. The van der Waals surface area contributed by atoms with Crippen LogP contribution in [0.5, 0.6) is 0 Å². The van der Waals surface area contributed by atoms with Crippen molar-refractivity contribution in [2.24, 2.45) is 0 Å². The molecule has 84 valence electrons. The number of fused-ring (bicyclic) bond motifs is 1. The topological polar surface area (TPSA) is 52.2 Å². The zero-order valence-corrected chi connectivity index (χ0v) is 10.6. The number of aryl methyl sites for hydroxylation is 1. The summed E-state index contributed by atoms with van der Waals surface area (Å²) >= 11 is 9.25. The van der Waals surface area contributed by atoms with Crippen molar-refractivity contribution < 1.29 is 4.42 Å². The Morgan fingerprint density at radius 3 is 2.75 bits per heavy atom. The van der Waals surface area contributed by atoms with E-state index in [4.69, 9.17) is 11.6 Å². The predicted molar refractivity (Wildman–Crippen MR) is 65.1 cm³/mol. The van der Waals surface area contributed by atoms with E-state index in [2.05, 4.69) is 20.3 Å². The fourth-order valence-electron chi connectivity index (χ4n) is 1.56. The van der Waals surface area contributed by atoms with E-state index in [9.17, 15) is 9.59 Å². The molecule has 0 unspecified atom stereocenters. The molecule has 0 fully saturated rings. The predicted octanol–water partition coefficient (Wildman–Crippen LogP) is 2.39. The third-order valence-electron chi connectivity index (χ3n) is 2.23. The first kappa shape index (κ1) is 11.4. The third kappa shape index (κ3) is 1.70. The van der Waals surface area contributed by atoms with Gasteiger partial charge in [-0.25, -0.2) is 9.59 Å². The Kier molecular flexibility index (Phi) is 2.90. The van der Waals surface area contributed by atoms with Crippen LogP contribution in [0.25, 0.3) is 10.9 Å². The van der Waals surface area contributed by atoms with Gasteiger partial charge in [-0.2, -0.15) is 0 Å². The lowest BCUT2D eigenvalue weighted by Gasteiger charge is -2.07. The van der Waals surface area contributed by atoms with Crippen LogP contribution in [0.2, 0.25) is 5.02 Å². The molecule has 1 aromatic heterocycles. The second-order valence-electron chi connectivity index (χ2n) is 3.18. The van der Waals surface area contributed by atoms with Gasteiger partial charge in [0.05, 0.1) is 15.9 Å². The average molecular weight is 305 g/mol. The average Bonchev–Trinajstić information content (AvgIpc) is 2.20. The Labute approximate surface area is 104 Å². The highest BCUT2D eigenvalue weighted by Gasteiger charge is 2.12. The van der Waals surface area contributed by atoms with Gasteiger partial charge in [-0.05, 0) is 19.1 Å². The summed E-state index contributed by atoms with van der Waals surface area (Å²) in [6.45, 7) is 2.17. The van der Waals surface area contributed by atoms with Crippen molar-refractivity contribution in [2.45, 2.75) is 13.5 Å². The first-order chi connectivity index (χ1) is 7.54. The first-order valence-corrected chi connectivity index (χ1v) is 5.74. The van der Waals surface area contributed by atoms with E-state index in [0.717, 1.165) is 0 Å². The molecule has 4 nitrogen and oxygen atoms in total. The second-order valence-corrected chi connectivity index (χ2v) is 4.51. The highest BCUT2D eigenvalue weighted by molar-refractivity contribution is 9.10. The molecule has 1 heterocycles. The third-order valence-corrected chi connectivity index (χ3v) is 2.98. The zero-order valence-electron chi connectivity index (χ0n) is 8.29. The maximum Gasteiger partial charge on any atom is 0.422 e. The van der Waals surface area contributed by atoms with E-state index in [-0.39, 0.29) is 0 Å². The van der Waals surface area contributed by atoms with Crippen LogP contribution < -0.4 is 11.4 Å². The number of rotatable bonds is 1. The molecule has 1 aromatic carbocycles. The summed E-state index contributed by atoms with van der Waals surface area (Å²) in [6.07, 6.45) is 0. The summed E-state index contributed by atoms with van der Waals surface area (Å²) in [5.41, 5.74) is -0.262. The van der Waals surface area contributed by atoms with Gasteiger partial charge in [0.1, 0.15) is 0 Å². The van der Waals surface area contributed by atoms with Gasteiger partial charge < -0.3 is 4.42 Å². The van der Waals surface area contributed by atoms with E-state index < -0.39 is 11.4 Å². The van der Waals surface area contributed by atoms with Crippen LogP contribution in [-0.2, 0) is 6.54 Å². The number of nitrogens with zero attached hydrogens (tertiary/aromatic N) is 1. The van der Waals surface area contributed by atoms with Crippen molar-refractivity contribution in [1.82, 2.24) is 4.57 Å². The van der Waals surface area contributed by atoms with Crippen LogP contribution in [0, 0.1) is 0 Å². The van der Waals surface area contributed by atoms with Gasteiger partial charge >= 0.3 is 11.4 Å². The van der Waals surface area contributed by atoms with Crippen molar-refractivity contribution in [3.8, 4) is 0 Å². The summed E-state index contributed by atoms with van der Waals surface area (Å²) in [5, 5.41) is 0.636. The van der Waals surface area contributed by atoms with E-state index >= 15 is 0 Å². The fourth-order valence-corrected chi connectivity index (χ4v) is 2.47. The molecule has 16 heavy (non-hydrogen) atoms. The number of hydrogen-bond donors (Lipinski definition) is 0. The van der Waals surface area contributed by atoms with Crippen LogP contribution in [0.4, 0.5) is 0 Å². The molecular weight excluding hydrogens is 297 g/mol. The van der Waals surface area contributed by atoms with Crippen LogP contribution in [0.15, 0.2) is 30.6 Å². The zero-order chi connectivity index (χ0) is 11.9.